The van der Waals surface area contributed by atoms with Crippen molar-refractivity contribution in [2.45, 2.75) is 40.3 Å². The molecule has 1 N–H and O–H groups in total. The van der Waals surface area contributed by atoms with Crippen molar-refractivity contribution < 1.29 is 0 Å². The summed E-state index contributed by atoms with van der Waals surface area (Å²) >= 11 is 3.48. The number of hydrogen-bond donors (Lipinski definition) is 1. The minimum atomic E-state index is 0.350. The van der Waals surface area contributed by atoms with Gasteiger partial charge in [0.15, 0.2) is 0 Å². The molecule has 0 amide bonds. The van der Waals surface area contributed by atoms with Gasteiger partial charge >= 0.3 is 0 Å². The molecule has 2 heteroatoms. The molecule has 0 aliphatic rings. The Hall–Kier alpha value is -1.12. The molecule has 20 heavy (non-hydrogen) atoms. The van der Waals surface area contributed by atoms with Crippen LogP contribution in [0, 0.1) is 20.8 Å². The fourth-order valence-corrected chi connectivity index (χ4v) is 2.88. The van der Waals surface area contributed by atoms with E-state index in [2.05, 4.69) is 85.3 Å². The lowest BCUT2D eigenvalue weighted by atomic mass is 9.99. The maximum Gasteiger partial charge on any atom is 0.0294 e. The second kappa shape index (κ2) is 6.55. The highest BCUT2D eigenvalue weighted by atomic mass is 79.9. The minimum Gasteiger partial charge on any atom is -0.306 e. The predicted octanol–water partition coefficient (Wildman–Crippen LogP) is 5.23. The summed E-state index contributed by atoms with van der Waals surface area (Å²) in [7, 11) is 0. The lowest BCUT2D eigenvalue weighted by Crippen LogP contribution is -2.19. The maximum atomic E-state index is 3.62. The summed E-state index contributed by atoms with van der Waals surface area (Å²) in [6.07, 6.45) is 0. The van der Waals surface area contributed by atoms with Crippen molar-refractivity contribution in [1.29, 1.82) is 0 Å². The van der Waals surface area contributed by atoms with Crippen LogP contribution in [0.5, 0.6) is 0 Å². The van der Waals surface area contributed by atoms with Crippen molar-refractivity contribution in [3.05, 3.63) is 68.7 Å². The Morgan fingerprint density at radius 2 is 1.55 bits per heavy atom. The van der Waals surface area contributed by atoms with Crippen LogP contribution in [0.2, 0.25) is 0 Å². The maximum absolute atomic E-state index is 3.62. The van der Waals surface area contributed by atoms with Crippen molar-refractivity contribution >= 4 is 15.9 Å². The zero-order valence-electron chi connectivity index (χ0n) is 12.6. The lowest BCUT2D eigenvalue weighted by Gasteiger charge is -2.17. The first-order valence-corrected chi connectivity index (χ1v) is 7.82. The molecule has 0 fully saturated rings. The van der Waals surface area contributed by atoms with Gasteiger partial charge in [-0.25, -0.2) is 0 Å². The number of halogens is 1. The zero-order valence-corrected chi connectivity index (χ0v) is 14.2. The van der Waals surface area contributed by atoms with Crippen LogP contribution >= 0.6 is 15.9 Å². The standard InChI is InChI=1S/C18H22BrN/c1-12-9-13(2)18(14(3)10-12)11-20-15(4)16-5-7-17(19)8-6-16/h5-10,15,20H,11H2,1-4H3. The zero-order chi connectivity index (χ0) is 14.7. The summed E-state index contributed by atoms with van der Waals surface area (Å²) in [4.78, 5) is 0. The smallest absolute Gasteiger partial charge is 0.0294 e. The third kappa shape index (κ3) is 3.71. The summed E-state index contributed by atoms with van der Waals surface area (Å²) in [6, 6.07) is 13.4. The average Bonchev–Trinajstić information content (AvgIpc) is 2.38. The first-order chi connectivity index (χ1) is 9.47. The Bertz CT molecular complexity index is 564. The third-order valence-corrected chi connectivity index (χ3v) is 4.32. The molecule has 1 atom stereocenters. The first-order valence-electron chi connectivity index (χ1n) is 7.03. The largest absolute Gasteiger partial charge is 0.306 e. The van der Waals surface area contributed by atoms with E-state index in [1.165, 1.54) is 27.8 Å². The van der Waals surface area contributed by atoms with Crippen LogP contribution in [0.25, 0.3) is 0 Å². The highest BCUT2D eigenvalue weighted by Gasteiger charge is 2.08. The van der Waals surface area contributed by atoms with Gasteiger partial charge in [0.05, 0.1) is 0 Å². The number of nitrogens with one attached hydrogen (secondary N) is 1. The molecule has 2 aromatic carbocycles. The molecule has 2 rings (SSSR count). The Labute approximate surface area is 130 Å². The highest BCUT2D eigenvalue weighted by Crippen LogP contribution is 2.20. The van der Waals surface area contributed by atoms with Gasteiger partial charge in [-0.3, -0.25) is 0 Å². The fraction of sp³-hybridized carbons (Fsp3) is 0.333. The van der Waals surface area contributed by atoms with Gasteiger partial charge in [0, 0.05) is 17.1 Å². The van der Waals surface area contributed by atoms with Gasteiger partial charge in [-0.05, 0) is 62.1 Å². The van der Waals surface area contributed by atoms with Crippen molar-refractivity contribution in [2.75, 3.05) is 0 Å². The van der Waals surface area contributed by atoms with E-state index in [-0.39, 0.29) is 0 Å². The van der Waals surface area contributed by atoms with E-state index in [9.17, 15) is 0 Å². The molecule has 0 spiro atoms. The second-order valence-electron chi connectivity index (χ2n) is 5.53. The SMILES string of the molecule is Cc1cc(C)c(CNC(C)c2ccc(Br)cc2)c(C)c1. The average molecular weight is 332 g/mol. The van der Waals surface area contributed by atoms with Gasteiger partial charge in [-0.2, -0.15) is 0 Å². The molecule has 0 bridgehead atoms. The van der Waals surface area contributed by atoms with Gasteiger partial charge in [0.1, 0.15) is 0 Å². The first kappa shape index (κ1) is 15.3. The number of hydrogen-bond acceptors (Lipinski definition) is 1. The molecular weight excluding hydrogens is 310 g/mol. The van der Waals surface area contributed by atoms with E-state index >= 15 is 0 Å². The van der Waals surface area contributed by atoms with Crippen molar-refractivity contribution in [1.82, 2.24) is 5.32 Å². The topological polar surface area (TPSA) is 12.0 Å². The van der Waals surface area contributed by atoms with Crippen molar-refractivity contribution in [2.24, 2.45) is 0 Å². The molecule has 0 radical (unpaired) electrons. The highest BCUT2D eigenvalue weighted by molar-refractivity contribution is 9.10. The normalized spacial score (nSPS) is 12.4. The predicted molar refractivity (Wildman–Crippen MR) is 90.0 cm³/mol. The summed E-state index contributed by atoms with van der Waals surface area (Å²) in [5.41, 5.74) is 6.82. The molecular formula is C18H22BrN. The van der Waals surface area contributed by atoms with Crippen LogP contribution < -0.4 is 5.32 Å². The van der Waals surface area contributed by atoms with Crippen LogP contribution in [0.3, 0.4) is 0 Å². The minimum absolute atomic E-state index is 0.350. The molecule has 0 saturated carbocycles. The Morgan fingerprint density at radius 3 is 2.10 bits per heavy atom. The fourth-order valence-electron chi connectivity index (χ4n) is 2.61. The van der Waals surface area contributed by atoms with Crippen LogP contribution in [0.4, 0.5) is 0 Å². The molecule has 1 nitrogen and oxygen atoms in total. The van der Waals surface area contributed by atoms with Gasteiger partial charge in [-0.1, -0.05) is 45.8 Å². The van der Waals surface area contributed by atoms with E-state index in [0.29, 0.717) is 6.04 Å². The molecule has 0 heterocycles. The quantitative estimate of drug-likeness (QED) is 0.809. The lowest BCUT2D eigenvalue weighted by molar-refractivity contribution is 0.572. The van der Waals surface area contributed by atoms with Crippen LogP contribution in [0.15, 0.2) is 40.9 Å². The van der Waals surface area contributed by atoms with E-state index in [1.54, 1.807) is 0 Å². The summed E-state index contributed by atoms with van der Waals surface area (Å²) in [6.45, 7) is 9.67. The van der Waals surface area contributed by atoms with Gasteiger partial charge in [0.2, 0.25) is 0 Å². The van der Waals surface area contributed by atoms with Crippen LogP contribution in [-0.4, -0.2) is 0 Å². The van der Waals surface area contributed by atoms with Crippen molar-refractivity contribution in [3.8, 4) is 0 Å². The Balaban J connectivity index is 2.07. The van der Waals surface area contributed by atoms with Gasteiger partial charge in [0.25, 0.3) is 0 Å². The van der Waals surface area contributed by atoms with Crippen LogP contribution in [-0.2, 0) is 6.54 Å². The number of rotatable bonds is 4. The van der Waals surface area contributed by atoms with E-state index in [4.69, 9.17) is 0 Å². The molecule has 106 valence electrons. The van der Waals surface area contributed by atoms with E-state index in [1.807, 2.05) is 0 Å². The Morgan fingerprint density at radius 1 is 1.00 bits per heavy atom. The summed E-state index contributed by atoms with van der Waals surface area (Å²) in [5, 5.41) is 3.62. The Kier molecular flexibility index (Phi) is 5.00. The second-order valence-corrected chi connectivity index (χ2v) is 6.45. The third-order valence-electron chi connectivity index (χ3n) is 3.80. The molecule has 0 saturated heterocycles. The molecule has 0 aliphatic carbocycles. The molecule has 0 aliphatic heterocycles. The molecule has 0 aromatic heterocycles. The summed E-state index contributed by atoms with van der Waals surface area (Å²) < 4.78 is 1.12. The van der Waals surface area contributed by atoms with Gasteiger partial charge < -0.3 is 5.32 Å². The van der Waals surface area contributed by atoms with Gasteiger partial charge in [-0.15, -0.1) is 0 Å². The molecule has 2 aromatic rings. The van der Waals surface area contributed by atoms with Crippen molar-refractivity contribution in [3.63, 3.8) is 0 Å². The van der Waals surface area contributed by atoms with Crippen LogP contribution in [0.1, 0.15) is 40.8 Å². The number of aryl methyl sites for hydroxylation is 3. The number of benzene rings is 2. The molecule has 1 unspecified atom stereocenters. The summed E-state index contributed by atoms with van der Waals surface area (Å²) in [5.74, 6) is 0. The van der Waals surface area contributed by atoms with E-state index < -0.39 is 0 Å². The van der Waals surface area contributed by atoms with E-state index in [0.717, 1.165) is 11.0 Å². The monoisotopic (exact) mass is 331 g/mol.